The average molecular weight is 389 g/mol. The van der Waals surface area contributed by atoms with E-state index in [1.807, 2.05) is 24.3 Å². The summed E-state index contributed by atoms with van der Waals surface area (Å²) < 4.78 is 6.14. The first kappa shape index (κ1) is 18.0. The van der Waals surface area contributed by atoms with Gasteiger partial charge in [0.25, 0.3) is 0 Å². The zero-order valence-corrected chi connectivity index (χ0v) is 17.3. The van der Waals surface area contributed by atoms with Gasteiger partial charge in [-0.2, -0.15) is 0 Å². The van der Waals surface area contributed by atoms with E-state index in [9.17, 15) is 4.79 Å². The van der Waals surface area contributed by atoms with Crippen molar-refractivity contribution in [1.82, 2.24) is 0 Å². The standard InChI is InChI=1S/C27H32O2/c28-27(29-25-15-7-9-17-8-1-2-10-18(17)25)24-16-23-19-11-3-5-13-21(19)26(24)22-14-6-4-12-20(22)23/h1-2,7-10,15,19-24,26H,3-6,11-14,16H2. The minimum absolute atomic E-state index is 0.0596. The number of fused-ring (bicyclic) bond motifs is 2. The molecule has 2 bridgehead atoms. The third-order valence-corrected chi connectivity index (χ3v) is 9.09. The second kappa shape index (κ2) is 7.15. The lowest BCUT2D eigenvalue weighted by atomic mass is 9.42. The van der Waals surface area contributed by atoms with Crippen molar-refractivity contribution in [3.8, 4) is 5.75 Å². The smallest absolute Gasteiger partial charge is 0.314 e. The van der Waals surface area contributed by atoms with Crippen molar-refractivity contribution in [3.63, 3.8) is 0 Å². The third-order valence-electron chi connectivity index (χ3n) is 9.09. The maximum absolute atomic E-state index is 13.5. The maximum Gasteiger partial charge on any atom is 0.314 e. The highest BCUT2D eigenvalue weighted by atomic mass is 16.5. The molecule has 5 fully saturated rings. The van der Waals surface area contributed by atoms with Crippen LogP contribution in [0.15, 0.2) is 42.5 Å². The Morgan fingerprint density at radius 3 is 2.07 bits per heavy atom. The molecule has 0 N–H and O–H groups in total. The van der Waals surface area contributed by atoms with Crippen molar-refractivity contribution in [2.75, 3.05) is 0 Å². The minimum Gasteiger partial charge on any atom is -0.426 e. The minimum atomic E-state index is 0.0596. The fraction of sp³-hybridized carbons (Fsp3) is 0.593. The van der Waals surface area contributed by atoms with Crippen LogP contribution in [0.3, 0.4) is 0 Å². The van der Waals surface area contributed by atoms with Gasteiger partial charge in [-0.1, -0.05) is 62.1 Å². The van der Waals surface area contributed by atoms with E-state index >= 15 is 0 Å². The van der Waals surface area contributed by atoms with Gasteiger partial charge in [0.2, 0.25) is 0 Å². The maximum atomic E-state index is 13.5. The van der Waals surface area contributed by atoms with Crippen LogP contribution >= 0.6 is 0 Å². The number of benzene rings is 2. The van der Waals surface area contributed by atoms with Gasteiger partial charge in [0.1, 0.15) is 5.75 Å². The van der Waals surface area contributed by atoms with Gasteiger partial charge in [0, 0.05) is 5.39 Å². The fourth-order valence-electron chi connectivity index (χ4n) is 8.15. The monoisotopic (exact) mass is 388 g/mol. The molecule has 0 amide bonds. The molecular weight excluding hydrogens is 356 g/mol. The molecule has 0 aromatic heterocycles. The summed E-state index contributed by atoms with van der Waals surface area (Å²) in [6.07, 6.45) is 12.2. The molecule has 0 aliphatic heterocycles. The zero-order valence-electron chi connectivity index (χ0n) is 17.3. The predicted octanol–water partition coefficient (Wildman–Crippen LogP) is 6.62. The van der Waals surface area contributed by atoms with Crippen LogP contribution in [0.1, 0.15) is 57.8 Å². The second-order valence-electron chi connectivity index (χ2n) is 10.2. The number of carbonyl (C=O) groups excluding carboxylic acids is 1. The molecule has 5 aliphatic rings. The van der Waals surface area contributed by atoms with Crippen molar-refractivity contribution in [2.45, 2.75) is 57.8 Å². The summed E-state index contributed by atoms with van der Waals surface area (Å²) in [5, 5.41) is 2.19. The molecule has 152 valence electrons. The quantitative estimate of drug-likeness (QED) is 0.427. The number of hydrogen-bond donors (Lipinski definition) is 0. The first-order valence-electron chi connectivity index (χ1n) is 12.0. The first-order chi connectivity index (χ1) is 14.3. The Morgan fingerprint density at radius 1 is 0.724 bits per heavy atom. The second-order valence-corrected chi connectivity index (χ2v) is 10.2. The molecular formula is C27H32O2. The van der Waals surface area contributed by atoms with Gasteiger partial charge in [-0.25, -0.2) is 0 Å². The van der Waals surface area contributed by atoms with Crippen LogP contribution in [-0.4, -0.2) is 5.97 Å². The van der Waals surface area contributed by atoms with E-state index in [0.717, 1.165) is 52.5 Å². The lowest BCUT2D eigenvalue weighted by Crippen LogP contribution is -2.58. The Morgan fingerprint density at radius 2 is 1.34 bits per heavy atom. The van der Waals surface area contributed by atoms with Gasteiger partial charge in [-0.05, 0) is 79.1 Å². The molecule has 5 aliphatic carbocycles. The summed E-state index contributed by atoms with van der Waals surface area (Å²) in [5.74, 6) is 5.65. The lowest BCUT2D eigenvalue weighted by molar-refractivity contribution is -0.171. The van der Waals surface area contributed by atoms with Crippen molar-refractivity contribution in [2.24, 2.45) is 41.4 Å². The Bertz CT molecular complexity index is 888. The summed E-state index contributed by atoms with van der Waals surface area (Å²) in [7, 11) is 0. The molecule has 2 heteroatoms. The summed E-state index contributed by atoms with van der Waals surface area (Å²) in [6, 6.07) is 14.3. The van der Waals surface area contributed by atoms with Gasteiger partial charge in [-0.15, -0.1) is 0 Å². The highest BCUT2D eigenvalue weighted by Crippen LogP contribution is 2.64. The van der Waals surface area contributed by atoms with Crippen molar-refractivity contribution >= 4 is 16.7 Å². The highest BCUT2D eigenvalue weighted by Gasteiger charge is 2.59. The van der Waals surface area contributed by atoms with Crippen LogP contribution in [0, 0.1) is 41.4 Å². The highest BCUT2D eigenvalue weighted by molar-refractivity contribution is 5.90. The normalized spacial score (nSPS) is 38.3. The SMILES string of the molecule is O=C(Oc1cccc2ccccc12)C1CC2C3CCCCC3C1C1CCCCC21. The van der Waals surface area contributed by atoms with Gasteiger partial charge < -0.3 is 4.74 Å². The van der Waals surface area contributed by atoms with E-state index < -0.39 is 0 Å². The van der Waals surface area contributed by atoms with E-state index in [2.05, 4.69) is 18.2 Å². The Kier molecular flexibility index (Phi) is 4.43. The van der Waals surface area contributed by atoms with Gasteiger partial charge in [0.15, 0.2) is 0 Å². The number of ether oxygens (including phenoxy) is 1. The summed E-state index contributed by atoms with van der Waals surface area (Å²) in [5.41, 5.74) is 0. The lowest BCUT2D eigenvalue weighted by Gasteiger charge is -2.62. The molecule has 0 radical (unpaired) electrons. The van der Waals surface area contributed by atoms with E-state index in [4.69, 9.17) is 4.74 Å². The molecule has 2 aromatic rings. The van der Waals surface area contributed by atoms with Crippen LogP contribution in [0.5, 0.6) is 5.75 Å². The molecule has 7 rings (SSSR count). The van der Waals surface area contributed by atoms with E-state index in [1.165, 1.54) is 51.4 Å². The van der Waals surface area contributed by atoms with Gasteiger partial charge in [-0.3, -0.25) is 4.79 Å². The average Bonchev–Trinajstić information content (AvgIpc) is 2.79. The largest absolute Gasteiger partial charge is 0.426 e. The fourth-order valence-corrected chi connectivity index (χ4v) is 8.15. The molecule has 29 heavy (non-hydrogen) atoms. The topological polar surface area (TPSA) is 26.3 Å². The molecule has 5 saturated carbocycles. The summed E-state index contributed by atoms with van der Waals surface area (Å²) in [4.78, 5) is 13.5. The molecule has 0 heterocycles. The van der Waals surface area contributed by atoms with E-state index in [-0.39, 0.29) is 11.9 Å². The Hall–Kier alpha value is -1.83. The molecule has 5 unspecified atom stereocenters. The molecule has 0 spiro atoms. The summed E-state index contributed by atoms with van der Waals surface area (Å²) >= 11 is 0. The van der Waals surface area contributed by atoms with E-state index in [0.29, 0.717) is 5.92 Å². The number of rotatable bonds is 2. The van der Waals surface area contributed by atoms with Crippen LogP contribution in [0.4, 0.5) is 0 Å². The van der Waals surface area contributed by atoms with Crippen LogP contribution in [0.2, 0.25) is 0 Å². The molecule has 5 atom stereocenters. The Balaban J connectivity index is 1.31. The molecule has 2 nitrogen and oxygen atoms in total. The molecule has 0 saturated heterocycles. The first-order valence-corrected chi connectivity index (χ1v) is 12.0. The number of esters is 1. The zero-order chi connectivity index (χ0) is 19.4. The van der Waals surface area contributed by atoms with Crippen LogP contribution in [-0.2, 0) is 4.79 Å². The van der Waals surface area contributed by atoms with Crippen LogP contribution in [0.25, 0.3) is 10.8 Å². The van der Waals surface area contributed by atoms with Gasteiger partial charge >= 0.3 is 5.97 Å². The van der Waals surface area contributed by atoms with Gasteiger partial charge in [0.05, 0.1) is 5.92 Å². The predicted molar refractivity (Wildman–Crippen MR) is 116 cm³/mol. The number of hydrogen-bond acceptors (Lipinski definition) is 2. The van der Waals surface area contributed by atoms with Crippen LogP contribution < -0.4 is 4.74 Å². The number of carbonyl (C=O) groups is 1. The summed E-state index contributed by atoms with van der Waals surface area (Å²) in [6.45, 7) is 0. The van der Waals surface area contributed by atoms with Crippen molar-refractivity contribution < 1.29 is 9.53 Å². The third kappa shape index (κ3) is 2.86. The molecule has 2 aromatic carbocycles. The van der Waals surface area contributed by atoms with E-state index in [1.54, 1.807) is 0 Å². The Labute approximate surface area is 174 Å². The van der Waals surface area contributed by atoms with Crippen molar-refractivity contribution in [3.05, 3.63) is 42.5 Å². The van der Waals surface area contributed by atoms with Crippen molar-refractivity contribution in [1.29, 1.82) is 0 Å².